The van der Waals surface area contributed by atoms with Crippen LogP contribution in [-0.4, -0.2) is 27.1 Å². The lowest BCUT2D eigenvalue weighted by atomic mass is 10.2. The molecule has 0 aromatic carbocycles. The van der Waals surface area contributed by atoms with Crippen LogP contribution in [0, 0.1) is 0 Å². The summed E-state index contributed by atoms with van der Waals surface area (Å²) in [4.78, 5) is 4.26. The van der Waals surface area contributed by atoms with E-state index in [0.717, 1.165) is 12.6 Å². The number of nitrogens with zero attached hydrogens (tertiary/aromatic N) is 2. The molecule has 1 aromatic rings. The van der Waals surface area contributed by atoms with Gasteiger partial charge in [0.05, 0.1) is 12.0 Å². The van der Waals surface area contributed by atoms with Gasteiger partial charge in [0.1, 0.15) is 0 Å². The number of aromatic nitrogens is 2. The van der Waals surface area contributed by atoms with Gasteiger partial charge in [0.15, 0.2) is 0 Å². The minimum absolute atomic E-state index is 0.594. The third-order valence-electron chi connectivity index (χ3n) is 3.22. The summed E-state index contributed by atoms with van der Waals surface area (Å²) in [6.45, 7) is 5.44. The van der Waals surface area contributed by atoms with Gasteiger partial charge in [-0.2, -0.15) is 11.8 Å². The van der Waals surface area contributed by atoms with Crippen molar-refractivity contribution in [1.29, 1.82) is 0 Å². The van der Waals surface area contributed by atoms with Crippen molar-refractivity contribution in [3.63, 3.8) is 0 Å². The van der Waals surface area contributed by atoms with E-state index in [4.69, 9.17) is 0 Å². The van der Waals surface area contributed by atoms with Gasteiger partial charge in [-0.05, 0) is 37.7 Å². The Labute approximate surface area is 108 Å². The molecule has 1 heterocycles. The standard InChI is InChI=1S/C13H23N3S/c1-3-17-7-6-11(2)15-9-13-8-14-10-16(13)12-4-5-12/h8,10-12,15H,3-7,9H2,1-2H3. The molecule has 0 bridgehead atoms. The minimum Gasteiger partial charge on any atom is -0.330 e. The van der Waals surface area contributed by atoms with E-state index in [-0.39, 0.29) is 0 Å². The predicted molar refractivity (Wildman–Crippen MR) is 74.4 cm³/mol. The highest BCUT2D eigenvalue weighted by atomic mass is 32.2. The average Bonchev–Trinajstić information content (AvgIpc) is 3.06. The van der Waals surface area contributed by atoms with Gasteiger partial charge in [-0.1, -0.05) is 6.92 Å². The van der Waals surface area contributed by atoms with Crippen molar-refractivity contribution in [2.75, 3.05) is 11.5 Å². The topological polar surface area (TPSA) is 29.9 Å². The Morgan fingerprint density at radius 2 is 2.41 bits per heavy atom. The molecule has 1 atom stereocenters. The molecule has 0 aliphatic heterocycles. The molecular formula is C13H23N3S. The molecule has 1 aliphatic carbocycles. The molecule has 1 aromatic heterocycles. The van der Waals surface area contributed by atoms with E-state index in [9.17, 15) is 0 Å². The molecule has 1 aliphatic rings. The number of nitrogens with one attached hydrogen (secondary N) is 1. The Kier molecular flexibility index (Phi) is 4.92. The van der Waals surface area contributed by atoms with Crippen molar-refractivity contribution in [3.05, 3.63) is 18.2 Å². The van der Waals surface area contributed by atoms with Crippen LogP contribution in [0.1, 0.15) is 44.8 Å². The largest absolute Gasteiger partial charge is 0.330 e. The van der Waals surface area contributed by atoms with Crippen LogP contribution in [0.3, 0.4) is 0 Å². The van der Waals surface area contributed by atoms with Crippen LogP contribution < -0.4 is 5.32 Å². The van der Waals surface area contributed by atoms with Gasteiger partial charge in [-0.25, -0.2) is 4.98 Å². The number of hydrogen-bond donors (Lipinski definition) is 1. The van der Waals surface area contributed by atoms with E-state index in [0.29, 0.717) is 6.04 Å². The summed E-state index contributed by atoms with van der Waals surface area (Å²) in [5, 5.41) is 3.59. The molecule has 2 rings (SSSR count). The smallest absolute Gasteiger partial charge is 0.0951 e. The van der Waals surface area contributed by atoms with E-state index < -0.39 is 0 Å². The van der Waals surface area contributed by atoms with Crippen LogP contribution in [-0.2, 0) is 6.54 Å². The molecule has 0 radical (unpaired) electrons. The molecule has 1 unspecified atom stereocenters. The van der Waals surface area contributed by atoms with Crippen molar-refractivity contribution >= 4 is 11.8 Å². The van der Waals surface area contributed by atoms with Gasteiger partial charge in [-0.15, -0.1) is 0 Å². The molecule has 0 saturated heterocycles. The van der Waals surface area contributed by atoms with Crippen LogP contribution >= 0.6 is 11.8 Å². The maximum Gasteiger partial charge on any atom is 0.0951 e. The van der Waals surface area contributed by atoms with Gasteiger partial charge >= 0.3 is 0 Å². The first-order valence-electron chi connectivity index (χ1n) is 6.63. The lowest BCUT2D eigenvalue weighted by Gasteiger charge is -2.14. The van der Waals surface area contributed by atoms with Gasteiger partial charge in [0, 0.05) is 24.8 Å². The first-order valence-corrected chi connectivity index (χ1v) is 7.78. The summed E-state index contributed by atoms with van der Waals surface area (Å²) in [6, 6.07) is 1.33. The van der Waals surface area contributed by atoms with Gasteiger partial charge in [-0.3, -0.25) is 0 Å². The number of imidazole rings is 1. The first-order chi connectivity index (χ1) is 8.31. The Morgan fingerprint density at radius 3 is 3.12 bits per heavy atom. The highest BCUT2D eigenvalue weighted by Crippen LogP contribution is 2.35. The van der Waals surface area contributed by atoms with Crippen LogP contribution in [0.2, 0.25) is 0 Å². The van der Waals surface area contributed by atoms with Crippen molar-refractivity contribution < 1.29 is 0 Å². The summed E-state index contributed by atoms with van der Waals surface area (Å²) in [5.74, 6) is 2.48. The maximum absolute atomic E-state index is 4.26. The first kappa shape index (κ1) is 13.0. The normalized spacial score (nSPS) is 17.3. The van der Waals surface area contributed by atoms with E-state index in [2.05, 4.69) is 28.7 Å². The molecule has 1 saturated carbocycles. The fourth-order valence-electron chi connectivity index (χ4n) is 1.94. The monoisotopic (exact) mass is 253 g/mol. The van der Waals surface area contributed by atoms with Gasteiger partial charge in [0.25, 0.3) is 0 Å². The number of hydrogen-bond acceptors (Lipinski definition) is 3. The van der Waals surface area contributed by atoms with E-state index in [1.165, 1.54) is 36.5 Å². The highest BCUT2D eigenvalue weighted by molar-refractivity contribution is 7.99. The Hall–Kier alpha value is -0.480. The van der Waals surface area contributed by atoms with Crippen LogP contribution in [0.15, 0.2) is 12.5 Å². The summed E-state index contributed by atoms with van der Waals surface area (Å²) >= 11 is 2.02. The molecule has 3 nitrogen and oxygen atoms in total. The fraction of sp³-hybridized carbons (Fsp3) is 0.769. The Bertz CT molecular complexity index is 333. The van der Waals surface area contributed by atoms with Crippen LogP contribution in [0.5, 0.6) is 0 Å². The molecule has 17 heavy (non-hydrogen) atoms. The van der Waals surface area contributed by atoms with Gasteiger partial charge < -0.3 is 9.88 Å². The second kappa shape index (κ2) is 6.45. The fourth-order valence-corrected chi connectivity index (χ4v) is 2.74. The molecule has 96 valence electrons. The number of rotatable bonds is 8. The lowest BCUT2D eigenvalue weighted by Crippen LogP contribution is -2.27. The average molecular weight is 253 g/mol. The maximum atomic E-state index is 4.26. The third-order valence-corrected chi connectivity index (χ3v) is 4.15. The zero-order chi connectivity index (χ0) is 12.1. The highest BCUT2D eigenvalue weighted by Gasteiger charge is 2.24. The predicted octanol–water partition coefficient (Wildman–Crippen LogP) is 2.84. The SMILES string of the molecule is CCSCCC(C)NCc1cncn1C1CC1. The lowest BCUT2D eigenvalue weighted by molar-refractivity contribution is 0.518. The van der Waals surface area contributed by atoms with Crippen molar-refractivity contribution in [2.24, 2.45) is 0 Å². The second-order valence-corrected chi connectivity index (χ2v) is 6.18. The zero-order valence-electron chi connectivity index (χ0n) is 10.9. The van der Waals surface area contributed by atoms with Crippen molar-refractivity contribution in [3.8, 4) is 0 Å². The number of thioether (sulfide) groups is 1. The van der Waals surface area contributed by atoms with Gasteiger partial charge in [0.2, 0.25) is 0 Å². The van der Waals surface area contributed by atoms with E-state index in [1.54, 1.807) is 0 Å². The molecule has 0 spiro atoms. The van der Waals surface area contributed by atoms with Crippen molar-refractivity contribution in [2.45, 2.75) is 51.7 Å². The minimum atomic E-state index is 0.594. The summed E-state index contributed by atoms with van der Waals surface area (Å²) in [7, 11) is 0. The molecule has 4 heteroatoms. The summed E-state index contributed by atoms with van der Waals surface area (Å²) in [6.07, 6.45) is 7.87. The molecule has 1 N–H and O–H groups in total. The van der Waals surface area contributed by atoms with E-state index >= 15 is 0 Å². The summed E-state index contributed by atoms with van der Waals surface area (Å²) in [5.41, 5.74) is 1.34. The van der Waals surface area contributed by atoms with Crippen LogP contribution in [0.25, 0.3) is 0 Å². The van der Waals surface area contributed by atoms with Crippen LogP contribution in [0.4, 0.5) is 0 Å². The third kappa shape index (κ3) is 4.03. The molecular weight excluding hydrogens is 230 g/mol. The Balaban J connectivity index is 1.71. The van der Waals surface area contributed by atoms with Crippen molar-refractivity contribution in [1.82, 2.24) is 14.9 Å². The Morgan fingerprint density at radius 1 is 1.59 bits per heavy atom. The second-order valence-electron chi connectivity index (χ2n) is 4.79. The quantitative estimate of drug-likeness (QED) is 0.723. The van der Waals surface area contributed by atoms with E-state index in [1.807, 2.05) is 24.3 Å². The molecule has 1 fully saturated rings. The molecule has 0 amide bonds. The summed E-state index contributed by atoms with van der Waals surface area (Å²) < 4.78 is 2.33. The zero-order valence-corrected chi connectivity index (χ0v) is 11.7.